The average Bonchev–Trinajstić information content (AvgIpc) is 3.31. The molecule has 17 heteroatoms. The number of phenolic OH excluding ortho intramolecular Hbond substituents is 1. The number of carbonyl (C=O) groups excluding carboxylic acids is 1. The highest BCUT2D eigenvalue weighted by Crippen LogP contribution is 2.49. The number of benzene rings is 1. The van der Waals surface area contributed by atoms with Crippen LogP contribution in [0.1, 0.15) is 30.2 Å². The van der Waals surface area contributed by atoms with Crippen LogP contribution in [0.25, 0.3) is 0 Å². The van der Waals surface area contributed by atoms with Gasteiger partial charge < -0.3 is 24.2 Å². The molecule has 39 heavy (non-hydrogen) atoms. The second-order valence-corrected chi connectivity index (χ2v) is 10.6. The molecule has 1 aliphatic heterocycles. The van der Waals surface area contributed by atoms with Crippen LogP contribution < -0.4 is 16.0 Å². The van der Waals surface area contributed by atoms with E-state index in [9.17, 15) is 24.1 Å². The topological polar surface area (TPSA) is 177 Å². The first kappa shape index (κ1) is 30.8. The number of phosphoric ester groups is 1. The van der Waals surface area contributed by atoms with Gasteiger partial charge in [-0.1, -0.05) is 28.4 Å². The van der Waals surface area contributed by atoms with Crippen molar-refractivity contribution in [3.8, 4) is 11.5 Å². The number of phenols is 1. The number of hydrogen-bond acceptors (Lipinski definition) is 12. The van der Waals surface area contributed by atoms with E-state index >= 15 is 0 Å². The highest BCUT2D eigenvalue weighted by atomic mass is 35.5. The monoisotopic (exact) mass is 609 g/mol. The van der Waals surface area contributed by atoms with Gasteiger partial charge in [0.25, 0.3) is 5.56 Å². The number of aromatic hydroxyl groups is 1. The van der Waals surface area contributed by atoms with Crippen LogP contribution in [-0.2, 0) is 32.5 Å². The van der Waals surface area contributed by atoms with Crippen LogP contribution in [0.5, 0.6) is 11.5 Å². The fourth-order valence-electron chi connectivity index (χ4n) is 3.49. The summed E-state index contributed by atoms with van der Waals surface area (Å²) >= 11 is 12.4. The molecule has 1 fully saturated rings. The highest BCUT2D eigenvalue weighted by molar-refractivity contribution is 7.48. The summed E-state index contributed by atoms with van der Waals surface area (Å²) in [6, 6.07) is 1.34. The second kappa shape index (κ2) is 13.6. The number of rotatable bonds is 13. The molecular formula is C22H26Cl2N3O11P. The average molecular weight is 610 g/mol. The molecule has 2 N–H and O–H groups in total. The van der Waals surface area contributed by atoms with E-state index in [1.54, 1.807) is 0 Å². The normalized spacial score (nSPS) is 20.7. The maximum atomic E-state index is 12.7. The van der Waals surface area contributed by atoms with E-state index in [0.29, 0.717) is 6.29 Å². The first-order valence-electron chi connectivity index (χ1n) is 11.3. The van der Waals surface area contributed by atoms with Gasteiger partial charge >= 0.3 is 13.5 Å². The summed E-state index contributed by atoms with van der Waals surface area (Å²) in [4.78, 5) is 42.5. The number of aromatic amines is 1. The molecule has 214 valence electrons. The largest absolute Gasteiger partial charge is 0.503 e. The van der Waals surface area contributed by atoms with E-state index in [1.165, 1.54) is 30.9 Å². The van der Waals surface area contributed by atoms with E-state index in [-0.39, 0.29) is 58.7 Å². The van der Waals surface area contributed by atoms with Crippen LogP contribution in [0.4, 0.5) is 0 Å². The molecule has 0 bridgehead atoms. The molecule has 4 atom stereocenters. The molecule has 0 amide bonds. The Balaban J connectivity index is 1.83. The zero-order chi connectivity index (χ0) is 28.7. The Kier molecular flexibility index (Phi) is 10.7. The van der Waals surface area contributed by atoms with E-state index in [1.807, 2.05) is 0 Å². The summed E-state index contributed by atoms with van der Waals surface area (Å²) in [5, 5.41) is 14.0. The van der Waals surface area contributed by atoms with E-state index in [0.717, 1.165) is 13.3 Å². The highest BCUT2D eigenvalue weighted by Gasteiger charge is 2.41. The van der Waals surface area contributed by atoms with Crippen molar-refractivity contribution in [1.82, 2.24) is 9.55 Å². The van der Waals surface area contributed by atoms with Gasteiger partial charge in [0.15, 0.2) is 17.6 Å². The van der Waals surface area contributed by atoms with Crippen LogP contribution >= 0.6 is 31.0 Å². The Bertz CT molecular complexity index is 1380. The van der Waals surface area contributed by atoms with Gasteiger partial charge in [0, 0.05) is 43.3 Å². The molecule has 1 aromatic heterocycles. The fourth-order valence-corrected chi connectivity index (χ4v) is 4.97. The van der Waals surface area contributed by atoms with E-state index < -0.39 is 37.5 Å². The third kappa shape index (κ3) is 7.48. The first-order valence-corrected chi connectivity index (χ1v) is 13.5. The van der Waals surface area contributed by atoms with E-state index in [2.05, 4.69) is 10.1 Å². The quantitative estimate of drug-likeness (QED) is 0.112. The van der Waals surface area contributed by atoms with Gasteiger partial charge in [0.2, 0.25) is 0 Å². The van der Waals surface area contributed by atoms with Gasteiger partial charge in [-0.25, -0.2) is 9.36 Å². The minimum atomic E-state index is -4.05. The lowest BCUT2D eigenvalue weighted by molar-refractivity contribution is -0.108. The number of hydrogen-bond donors (Lipinski definition) is 2. The van der Waals surface area contributed by atoms with Crippen LogP contribution in [-0.4, -0.2) is 66.8 Å². The van der Waals surface area contributed by atoms with Gasteiger partial charge in [0.1, 0.15) is 18.6 Å². The zero-order valence-electron chi connectivity index (χ0n) is 21.0. The lowest BCUT2D eigenvalue weighted by Gasteiger charge is -2.20. The Morgan fingerprint density at radius 2 is 2.05 bits per heavy atom. The van der Waals surface area contributed by atoms with Crippen molar-refractivity contribution in [3.63, 3.8) is 0 Å². The zero-order valence-corrected chi connectivity index (χ0v) is 23.4. The Hall–Kier alpha value is -2.71. The summed E-state index contributed by atoms with van der Waals surface area (Å²) in [5.41, 5.74) is -0.854. The van der Waals surface area contributed by atoms with Crippen molar-refractivity contribution >= 4 is 43.5 Å². The van der Waals surface area contributed by atoms with Gasteiger partial charge in [-0.3, -0.25) is 27.9 Å². The molecule has 0 saturated carbocycles. The molecule has 0 aliphatic carbocycles. The standard InChI is InChI=1S/C22H26Cl2N3O11P/c1-12-10-27(22(31)26-21(12)30)18-8-15(17(37-18)11-36-39(32,34-3)35-6-4-5-28)38-25-9-13-14(23)7-16(33-2)20(29)19(13)24/h5,7,9-10,15,17-18,29H,4,6,8,11H2,1-3H3,(H,26,30,31)/t15-,17-,18-,39?/m1/s1. The maximum Gasteiger partial charge on any atom is 0.474 e. The predicted molar refractivity (Wildman–Crippen MR) is 139 cm³/mol. The number of carbonyl (C=O) groups is 1. The summed E-state index contributed by atoms with van der Waals surface area (Å²) in [5.74, 6) is -0.287. The number of aldehydes is 1. The molecule has 2 heterocycles. The number of ether oxygens (including phenoxy) is 2. The second-order valence-electron chi connectivity index (χ2n) is 8.07. The van der Waals surface area contributed by atoms with Gasteiger partial charge in [-0.05, 0) is 6.92 Å². The van der Waals surface area contributed by atoms with Crippen LogP contribution in [0.15, 0.2) is 27.0 Å². The van der Waals surface area contributed by atoms with Crippen molar-refractivity contribution in [2.45, 2.75) is 38.2 Å². The lowest BCUT2D eigenvalue weighted by atomic mass is 10.2. The minimum absolute atomic E-state index is 0.0281. The number of H-pyrrole nitrogens is 1. The number of aromatic nitrogens is 2. The molecule has 1 saturated heterocycles. The molecule has 1 aromatic carbocycles. The fraction of sp³-hybridized carbons (Fsp3) is 0.455. The SMILES string of the molecule is COc1cc(Cl)c(C=NO[C@@H]2C[C@H](n3cc(C)c(=O)[nH]c3=O)O[C@@H]2COP(=O)(OC)OCCC=O)c(Cl)c1O. The molecule has 14 nitrogen and oxygen atoms in total. The van der Waals surface area contributed by atoms with Crippen LogP contribution in [0, 0.1) is 6.92 Å². The lowest BCUT2D eigenvalue weighted by Crippen LogP contribution is -2.33. The number of nitrogens with zero attached hydrogens (tertiary/aromatic N) is 2. The molecule has 0 spiro atoms. The third-order valence-electron chi connectivity index (χ3n) is 5.53. The summed E-state index contributed by atoms with van der Waals surface area (Å²) < 4.78 is 40.0. The minimum Gasteiger partial charge on any atom is -0.503 e. The number of phosphoric acid groups is 1. The van der Waals surface area contributed by atoms with Crippen LogP contribution in [0.2, 0.25) is 10.0 Å². The number of aryl methyl sites for hydroxylation is 1. The third-order valence-corrected chi connectivity index (χ3v) is 7.64. The number of methoxy groups -OCH3 is 1. The molecule has 2 aromatic rings. The molecular weight excluding hydrogens is 584 g/mol. The van der Waals surface area contributed by atoms with Crippen molar-refractivity contribution < 1.29 is 42.3 Å². The Morgan fingerprint density at radius 3 is 2.72 bits per heavy atom. The Labute approximate surface area is 231 Å². The summed E-state index contributed by atoms with van der Waals surface area (Å²) in [6.45, 7) is 0.936. The summed E-state index contributed by atoms with van der Waals surface area (Å²) in [6.07, 6.45) is 0.338. The molecule has 1 unspecified atom stereocenters. The van der Waals surface area contributed by atoms with Crippen molar-refractivity contribution in [2.75, 3.05) is 27.4 Å². The maximum absolute atomic E-state index is 12.7. The smallest absolute Gasteiger partial charge is 0.474 e. The van der Waals surface area contributed by atoms with Gasteiger partial charge in [-0.2, -0.15) is 0 Å². The van der Waals surface area contributed by atoms with Gasteiger partial charge in [0.05, 0.1) is 36.6 Å². The van der Waals surface area contributed by atoms with Crippen molar-refractivity contribution in [3.05, 3.63) is 54.3 Å². The van der Waals surface area contributed by atoms with Crippen molar-refractivity contribution in [2.24, 2.45) is 5.16 Å². The number of nitrogens with one attached hydrogen (secondary N) is 1. The first-order chi connectivity index (χ1) is 18.5. The van der Waals surface area contributed by atoms with E-state index in [4.69, 9.17) is 51.1 Å². The van der Waals surface area contributed by atoms with Crippen molar-refractivity contribution in [1.29, 1.82) is 0 Å². The Morgan fingerprint density at radius 1 is 1.31 bits per heavy atom. The summed E-state index contributed by atoms with van der Waals surface area (Å²) in [7, 11) is -1.60. The van der Waals surface area contributed by atoms with Gasteiger partial charge in [-0.15, -0.1) is 0 Å². The molecule has 1 aliphatic rings. The predicted octanol–water partition coefficient (Wildman–Crippen LogP) is 2.95. The number of oxime groups is 1. The van der Waals surface area contributed by atoms with Crippen LogP contribution in [0.3, 0.4) is 0 Å². The molecule has 3 rings (SSSR count). The number of halogens is 2. The molecule has 0 radical (unpaired) electrons.